The van der Waals surface area contributed by atoms with Gasteiger partial charge in [0.15, 0.2) is 0 Å². The standard InChI is InChI=1S/C32H27FN2O/c33-25-9-5-7-22(19-25)21-36-31-14-4-1-8-24(31)20-34-26-17-15-23(16-18-26)32-29-12-6-11-27(29)28-10-2-3-13-30(28)35-32/h1-11,13-20,27,29,32,35H,12,21H2/t27-,29-,32+/m1/s1. The fourth-order valence-electron chi connectivity index (χ4n) is 5.29. The minimum atomic E-state index is -0.262. The fraction of sp³-hybridized carbons (Fsp3) is 0.156. The van der Waals surface area contributed by atoms with Crippen molar-refractivity contribution in [2.75, 3.05) is 5.32 Å². The number of nitrogens with one attached hydrogen (secondary N) is 1. The lowest BCUT2D eigenvalue weighted by Gasteiger charge is -2.37. The van der Waals surface area contributed by atoms with Crippen molar-refractivity contribution >= 4 is 17.6 Å². The van der Waals surface area contributed by atoms with Crippen molar-refractivity contribution < 1.29 is 9.13 Å². The molecule has 6 rings (SSSR count). The molecule has 0 amide bonds. The Bertz CT molecular complexity index is 1430. The SMILES string of the molecule is Fc1cccc(COc2ccccc2C=Nc2ccc([C@@H]3Nc4ccccc4[C@H]4C=CC[C@H]43)cc2)c1. The van der Waals surface area contributed by atoms with E-state index in [1.54, 1.807) is 6.07 Å². The molecule has 3 nitrogen and oxygen atoms in total. The van der Waals surface area contributed by atoms with Crippen molar-refractivity contribution in [3.8, 4) is 5.75 Å². The smallest absolute Gasteiger partial charge is 0.128 e. The first-order chi connectivity index (χ1) is 17.7. The van der Waals surface area contributed by atoms with E-state index in [9.17, 15) is 4.39 Å². The topological polar surface area (TPSA) is 33.6 Å². The first-order valence-corrected chi connectivity index (χ1v) is 12.4. The summed E-state index contributed by atoms with van der Waals surface area (Å²) in [6.45, 7) is 0.297. The maximum atomic E-state index is 13.5. The highest BCUT2D eigenvalue weighted by atomic mass is 19.1. The van der Waals surface area contributed by atoms with Crippen molar-refractivity contribution in [2.24, 2.45) is 10.9 Å². The van der Waals surface area contributed by atoms with Crippen LogP contribution in [0.1, 0.15) is 40.6 Å². The van der Waals surface area contributed by atoms with Crippen LogP contribution in [-0.2, 0) is 6.61 Å². The third-order valence-electron chi connectivity index (χ3n) is 7.08. The first-order valence-electron chi connectivity index (χ1n) is 12.4. The summed E-state index contributed by atoms with van der Waals surface area (Å²) in [6.07, 6.45) is 7.59. The number of benzene rings is 4. The van der Waals surface area contributed by atoms with Crippen molar-refractivity contribution in [3.05, 3.63) is 137 Å². The van der Waals surface area contributed by atoms with E-state index in [4.69, 9.17) is 9.73 Å². The van der Waals surface area contributed by atoms with Crippen LogP contribution in [0.5, 0.6) is 5.75 Å². The Morgan fingerprint density at radius 1 is 0.917 bits per heavy atom. The number of hydrogen-bond acceptors (Lipinski definition) is 3. The normalized spacial score (nSPS) is 20.1. The maximum absolute atomic E-state index is 13.5. The van der Waals surface area contributed by atoms with Crippen LogP contribution >= 0.6 is 0 Å². The number of aliphatic imine (C=N–C) groups is 1. The first kappa shape index (κ1) is 22.3. The van der Waals surface area contributed by atoms with E-state index >= 15 is 0 Å². The van der Waals surface area contributed by atoms with Gasteiger partial charge in [-0.3, -0.25) is 4.99 Å². The third kappa shape index (κ3) is 4.55. The molecule has 4 heteroatoms. The van der Waals surface area contributed by atoms with Crippen LogP contribution in [0.15, 0.2) is 114 Å². The number of nitrogens with zero attached hydrogens (tertiary/aromatic N) is 1. The molecular weight excluding hydrogens is 447 g/mol. The third-order valence-corrected chi connectivity index (χ3v) is 7.08. The molecule has 0 fully saturated rings. The predicted molar refractivity (Wildman–Crippen MR) is 144 cm³/mol. The number of anilines is 1. The Labute approximate surface area is 211 Å². The van der Waals surface area contributed by atoms with Gasteiger partial charge in [-0.15, -0.1) is 0 Å². The van der Waals surface area contributed by atoms with Gasteiger partial charge < -0.3 is 10.1 Å². The van der Waals surface area contributed by atoms with Crippen molar-refractivity contribution in [3.63, 3.8) is 0 Å². The molecule has 178 valence electrons. The number of rotatable bonds is 6. The molecular formula is C32H27FN2O. The summed E-state index contributed by atoms with van der Waals surface area (Å²) in [5.74, 6) is 1.44. The minimum Gasteiger partial charge on any atom is -0.488 e. The van der Waals surface area contributed by atoms with Crippen LogP contribution in [0.2, 0.25) is 0 Å². The van der Waals surface area contributed by atoms with Crippen LogP contribution in [-0.4, -0.2) is 6.21 Å². The molecule has 1 aliphatic carbocycles. The van der Waals surface area contributed by atoms with E-state index in [0.29, 0.717) is 24.2 Å². The number of hydrogen-bond donors (Lipinski definition) is 1. The fourth-order valence-corrected chi connectivity index (χ4v) is 5.29. The molecule has 0 saturated heterocycles. The van der Waals surface area contributed by atoms with Gasteiger partial charge in [-0.2, -0.15) is 0 Å². The quantitative estimate of drug-likeness (QED) is 0.227. The molecule has 1 heterocycles. The summed E-state index contributed by atoms with van der Waals surface area (Å²) in [4.78, 5) is 4.70. The lowest BCUT2D eigenvalue weighted by molar-refractivity contribution is 0.305. The Kier molecular flexibility index (Phi) is 6.08. The lowest BCUT2D eigenvalue weighted by atomic mass is 9.77. The highest BCUT2D eigenvalue weighted by Crippen LogP contribution is 2.49. The Balaban J connectivity index is 1.17. The molecule has 0 aromatic heterocycles. The summed E-state index contributed by atoms with van der Waals surface area (Å²) in [6, 6.07) is 31.6. The molecule has 0 unspecified atom stereocenters. The van der Waals surface area contributed by atoms with E-state index in [1.807, 2.05) is 36.5 Å². The van der Waals surface area contributed by atoms with Crippen LogP contribution in [0, 0.1) is 11.7 Å². The van der Waals surface area contributed by atoms with Crippen molar-refractivity contribution in [1.82, 2.24) is 0 Å². The van der Waals surface area contributed by atoms with Gasteiger partial charge in [-0.1, -0.05) is 66.7 Å². The van der Waals surface area contributed by atoms with Crippen LogP contribution in [0.4, 0.5) is 15.8 Å². The molecule has 0 spiro atoms. The van der Waals surface area contributed by atoms with Crippen molar-refractivity contribution in [1.29, 1.82) is 0 Å². The highest BCUT2D eigenvalue weighted by Gasteiger charge is 2.37. The summed E-state index contributed by atoms with van der Waals surface area (Å²) < 4.78 is 19.4. The average molecular weight is 475 g/mol. The number of fused-ring (bicyclic) bond motifs is 3. The molecule has 2 aliphatic rings. The molecule has 36 heavy (non-hydrogen) atoms. The molecule has 1 aliphatic heterocycles. The number of ether oxygens (including phenoxy) is 1. The lowest BCUT2D eigenvalue weighted by Crippen LogP contribution is -2.28. The highest BCUT2D eigenvalue weighted by molar-refractivity contribution is 5.85. The van der Waals surface area contributed by atoms with Gasteiger partial charge in [-0.05, 0) is 71.5 Å². The van der Waals surface area contributed by atoms with Gasteiger partial charge in [0.25, 0.3) is 0 Å². The molecule has 1 N–H and O–H groups in total. The Morgan fingerprint density at radius 3 is 2.64 bits per heavy atom. The van der Waals surface area contributed by atoms with E-state index in [1.165, 1.54) is 28.9 Å². The minimum absolute atomic E-state index is 0.262. The van der Waals surface area contributed by atoms with Crippen LogP contribution < -0.4 is 10.1 Å². The van der Waals surface area contributed by atoms with Crippen LogP contribution in [0.3, 0.4) is 0 Å². The zero-order chi connectivity index (χ0) is 24.3. The van der Waals surface area contributed by atoms with Gasteiger partial charge in [-0.25, -0.2) is 4.39 Å². The van der Waals surface area contributed by atoms with E-state index in [-0.39, 0.29) is 11.9 Å². The molecule has 3 atom stereocenters. The van der Waals surface area contributed by atoms with E-state index in [2.05, 4.69) is 66.0 Å². The van der Waals surface area contributed by atoms with E-state index < -0.39 is 0 Å². The van der Waals surface area contributed by atoms with E-state index in [0.717, 1.165) is 23.2 Å². The predicted octanol–water partition coefficient (Wildman–Crippen LogP) is 7.98. The molecule has 0 saturated carbocycles. The van der Waals surface area contributed by atoms with Crippen LogP contribution in [0.25, 0.3) is 0 Å². The zero-order valence-electron chi connectivity index (χ0n) is 19.8. The summed E-state index contributed by atoms with van der Waals surface area (Å²) >= 11 is 0. The second kappa shape index (κ2) is 9.82. The largest absolute Gasteiger partial charge is 0.488 e. The molecule has 0 radical (unpaired) electrons. The van der Waals surface area contributed by atoms with Gasteiger partial charge >= 0.3 is 0 Å². The maximum Gasteiger partial charge on any atom is 0.128 e. The summed E-state index contributed by atoms with van der Waals surface area (Å²) in [5.41, 5.74) is 6.45. The second-order valence-electron chi connectivity index (χ2n) is 9.37. The molecule has 4 aromatic rings. The number of para-hydroxylation sites is 2. The summed E-state index contributed by atoms with van der Waals surface area (Å²) in [5, 5.41) is 3.78. The van der Waals surface area contributed by atoms with Gasteiger partial charge in [0.2, 0.25) is 0 Å². The average Bonchev–Trinajstić information content (AvgIpc) is 3.42. The summed E-state index contributed by atoms with van der Waals surface area (Å²) in [7, 11) is 0. The molecule has 4 aromatic carbocycles. The van der Waals surface area contributed by atoms with Gasteiger partial charge in [0.05, 0.1) is 11.7 Å². The molecule has 0 bridgehead atoms. The zero-order valence-corrected chi connectivity index (χ0v) is 19.8. The van der Waals surface area contributed by atoms with Crippen molar-refractivity contribution in [2.45, 2.75) is 25.0 Å². The Morgan fingerprint density at radius 2 is 1.75 bits per heavy atom. The number of allylic oxidation sites excluding steroid dienone is 2. The van der Waals surface area contributed by atoms with Gasteiger partial charge in [0.1, 0.15) is 18.2 Å². The monoisotopic (exact) mass is 474 g/mol. The number of halogens is 1. The second-order valence-corrected chi connectivity index (χ2v) is 9.37. The Hall–Kier alpha value is -4.18. The van der Waals surface area contributed by atoms with Gasteiger partial charge in [0, 0.05) is 23.4 Å².